The van der Waals surface area contributed by atoms with Gasteiger partial charge in [-0.15, -0.1) is 0 Å². The van der Waals surface area contributed by atoms with Gasteiger partial charge in [0.1, 0.15) is 11.9 Å². The molecule has 1 fully saturated rings. The number of nitrogens with two attached hydrogens (primary N) is 1. The minimum atomic E-state index is -1.01. The van der Waals surface area contributed by atoms with Crippen LogP contribution in [0.25, 0.3) is 0 Å². The monoisotopic (exact) mass is 277 g/mol. The van der Waals surface area contributed by atoms with Gasteiger partial charge in [0.15, 0.2) is 0 Å². The van der Waals surface area contributed by atoms with E-state index >= 15 is 0 Å². The van der Waals surface area contributed by atoms with E-state index in [1.807, 2.05) is 13.0 Å². The number of carboxylic acids is 1. The molecule has 3 N–H and O–H groups in total. The molecule has 110 valence electrons. The predicted octanol–water partition coefficient (Wildman–Crippen LogP) is 3.62. The normalized spacial score (nSPS) is 22.5. The maximum atomic E-state index is 11.2. The Labute approximate surface area is 119 Å². The number of carbonyl (C=O) groups is 1. The molecule has 20 heavy (non-hydrogen) atoms. The van der Waals surface area contributed by atoms with E-state index in [0.717, 1.165) is 18.4 Å². The van der Waals surface area contributed by atoms with Crippen molar-refractivity contribution < 1.29 is 14.6 Å². The van der Waals surface area contributed by atoms with E-state index in [2.05, 4.69) is 6.92 Å². The summed E-state index contributed by atoms with van der Waals surface area (Å²) in [7, 11) is 0. The molecule has 0 amide bonds. The lowest BCUT2D eigenvalue weighted by molar-refractivity contribution is 0.0694. The molecule has 0 bridgehead atoms. The van der Waals surface area contributed by atoms with Gasteiger partial charge in [0.2, 0.25) is 0 Å². The van der Waals surface area contributed by atoms with Gasteiger partial charge in [-0.25, -0.2) is 4.79 Å². The highest BCUT2D eigenvalue weighted by Gasteiger charge is 2.25. The number of ether oxygens (including phenoxy) is 1. The summed E-state index contributed by atoms with van der Waals surface area (Å²) in [4.78, 5) is 11.2. The van der Waals surface area contributed by atoms with Crippen molar-refractivity contribution in [1.82, 2.24) is 0 Å². The first-order chi connectivity index (χ1) is 9.52. The molecular formula is C16H23NO3. The highest BCUT2D eigenvalue weighted by Crippen LogP contribution is 2.32. The lowest BCUT2D eigenvalue weighted by Gasteiger charge is -2.31. The van der Waals surface area contributed by atoms with Crippen LogP contribution in [0.5, 0.6) is 5.75 Å². The van der Waals surface area contributed by atoms with Crippen LogP contribution < -0.4 is 10.5 Å². The Bertz CT molecular complexity index is 499. The molecule has 0 spiro atoms. The summed E-state index contributed by atoms with van der Waals surface area (Å²) in [5.41, 5.74) is 7.00. The highest BCUT2D eigenvalue weighted by molar-refractivity contribution is 5.95. The zero-order chi connectivity index (χ0) is 14.7. The summed E-state index contributed by atoms with van der Waals surface area (Å²) in [6.07, 6.45) is 5.98. The summed E-state index contributed by atoms with van der Waals surface area (Å²) in [6, 6.07) is 3.38. The van der Waals surface area contributed by atoms with Gasteiger partial charge in [-0.3, -0.25) is 0 Å². The van der Waals surface area contributed by atoms with Crippen LogP contribution in [0.15, 0.2) is 12.1 Å². The first-order valence-corrected chi connectivity index (χ1v) is 7.33. The van der Waals surface area contributed by atoms with Crippen molar-refractivity contribution >= 4 is 11.7 Å². The second-order valence-corrected chi connectivity index (χ2v) is 5.62. The summed E-state index contributed by atoms with van der Waals surface area (Å²) in [6.45, 7) is 4.00. The van der Waals surface area contributed by atoms with Crippen LogP contribution in [0.3, 0.4) is 0 Å². The average molecular weight is 277 g/mol. The molecule has 2 unspecified atom stereocenters. The van der Waals surface area contributed by atoms with Crippen LogP contribution in [0.2, 0.25) is 0 Å². The molecule has 0 saturated heterocycles. The molecule has 1 aliphatic rings. The third-order valence-electron chi connectivity index (χ3n) is 4.24. The van der Waals surface area contributed by atoms with E-state index in [9.17, 15) is 9.90 Å². The molecule has 2 rings (SSSR count). The van der Waals surface area contributed by atoms with E-state index in [4.69, 9.17) is 10.5 Å². The zero-order valence-electron chi connectivity index (χ0n) is 12.2. The Morgan fingerprint density at radius 3 is 2.75 bits per heavy atom. The van der Waals surface area contributed by atoms with E-state index in [1.54, 1.807) is 6.07 Å². The number of hydrogen-bond donors (Lipinski definition) is 2. The minimum Gasteiger partial charge on any atom is -0.490 e. The van der Waals surface area contributed by atoms with Gasteiger partial charge >= 0.3 is 5.97 Å². The van der Waals surface area contributed by atoms with Gasteiger partial charge in [-0.1, -0.05) is 13.3 Å². The fourth-order valence-electron chi connectivity index (χ4n) is 2.98. The zero-order valence-corrected chi connectivity index (χ0v) is 12.2. The van der Waals surface area contributed by atoms with Crippen molar-refractivity contribution in [2.24, 2.45) is 5.92 Å². The molecule has 1 aromatic carbocycles. The molecule has 0 radical (unpaired) electrons. The van der Waals surface area contributed by atoms with Crippen LogP contribution in [-0.4, -0.2) is 17.2 Å². The number of nitrogen functional groups attached to an aromatic ring is 1. The maximum absolute atomic E-state index is 11.2. The fourth-order valence-corrected chi connectivity index (χ4v) is 2.98. The largest absolute Gasteiger partial charge is 0.490 e. The third-order valence-corrected chi connectivity index (χ3v) is 4.24. The maximum Gasteiger partial charge on any atom is 0.337 e. The van der Waals surface area contributed by atoms with Gasteiger partial charge in [-0.05, 0) is 56.2 Å². The van der Waals surface area contributed by atoms with Gasteiger partial charge < -0.3 is 15.6 Å². The summed E-state index contributed by atoms with van der Waals surface area (Å²) in [5, 5.41) is 9.18. The van der Waals surface area contributed by atoms with Crippen LogP contribution >= 0.6 is 0 Å². The quantitative estimate of drug-likeness (QED) is 0.824. The molecule has 2 atom stereocenters. The number of hydrogen-bond acceptors (Lipinski definition) is 3. The van der Waals surface area contributed by atoms with Crippen molar-refractivity contribution in [3.8, 4) is 5.75 Å². The van der Waals surface area contributed by atoms with Crippen molar-refractivity contribution in [1.29, 1.82) is 0 Å². The standard InChI is InChI=1S/C16H23NO3/c1-3-11-6-4-5-7-14(11)20-12-8-10(2)15(17)13(9-12)16(18)19/h8-9,11,14H,3-7,17H2,1-2H3,(H,18,19). The van der Waals surface area contributed by atoms with E-state index < -0.39 is 5.97 Å². The molecule has 4 heteroatoms. The minimum absolute atomic E-state index is 0.129. The number of aryl methyl sites for hydroxylation is 1. The highest BCUT2D eigenvalue weighted by atomic mass is 16.5. The average Bonchev–Trinajstić information content (AvgIpc) is 2.43. The molecular weight excluding hydrogens is 254 g/mol. The SMILES string of the molecule is CCC1CCCCC1Oc1cc(C)c(N)c(C(=O)O)c1. The number of benzene rings is 1. The molecule has 0 heterocycles. The van der Waals surface area contributed by atoms with Crippen LogP contribution in [-0.2, 0) is 0 Å². The van der Waals surface area contributed by atoms with Gasteiger partial charge in [0.25, 0.3) is 0 Å². The number of carboxylic acid groups (broad SMARTS) is 1. The Balaban J connectivity index is 2.22. The Hall–Kier alpha value is -1.71. The lowest BCUT2D eigenvalue weighted by Crippen LogP contribution is -2.30. The number of rotatable bonds is 4. The van der Waals surface area contributed by atoms with Gasteiger partial charge in [0, 0.05) is 5.69 Å². The van der Waals surface area contributed by atoms with E-state index in [1.165, 1.54) is 19.3 Å². The van der Waals surface area contributed by atoms with Gasteiger partial charge in [0.05, 0.1) is 5.56 Å². The summed E-state index contributed by atoms with van der Waals surface area (Å²) < 4.78 is 6.07. The molecule has 0 aliphatic heterocycles. The van der Waals surface area contributed by atoms with Crippen LogP contribution in [0.1, 0.15) is 54.9 Å². The first-order valence-electron chi connectivity index (χ1n) is 7.33. The van der Waals surface area contributed by atoms with E-state index in [0.29, 0.717) is 17.4 Å². The topological polar surface area (TPSA) is 72.5 Å². The van der Waals surface area contributed by atoms with Crippen molar-refractivity contribution in [3.05, 3.63) is 23.3 Å². The van der Waals surface area contributed by atoms with E-state index in [-0.39, 0.29) is 11.7 Å². The first kappa shape index (κ1) is 14.7. The Morgan fingerprint density at radius 2 is 2.10 bits per heavy atom. The van der Waals surface area contributed by atoms with Crippen LogP contribution in [0.4, 0.5) is 5.69 Å². The lowest BCUT2D eigenvalue weighted by atomic mass is 9.84. The summed E-state index contributed by atoms with van der Waals surface area (Å²) in [5.74, 6) is 0.182. The second-order valence-electron chi connectivity index (χ2n) is 5.62. The smallest absolute Gasteiger partial charge is 0.337 e. The second kappa shape index (κ2) is 6.16. The Morgan fingerprint density at radius 1 is 1.40 bits per heavy atom. The summed E-state index contributed by atoms with van der Waals surface area (Å²) >= 11 is 0. The number of aromatic carboxylic acids is 1. The molecule has 1 aromatic rings. The Kier molecular flexibility index (Phi) is 4.53. The molecule has 0 aromatic heterocycles. The van der Waals surface area contributed by atoms with Crippen molar-refractivity contribution in [2.75, 3.05) is 5.73 Å². The third kappa shape index (κ3) is 3.06. The van der Waals surface area contributed by atoms with Crippen molar-refractivity contribution in [3.63, 3.8) is 0 Å². The van der Waals surface area contributed by atoms with Crippen molar-refractivity contribution in [2.45, 2.75) is 52.1 Å². The fraction of sp³-hybridized carbons (Fsp3) is 0.562. The number of anilines is 1. The van der Waals surface area contributed by atoms with Gasteiger partial charge in [-0.2, -0.15) is 0 Å². The molecule has 4 nitrogen and oxygen atoms in total. The predicted molar refractivity (Wildman–Crippen MR) is 79.2 cm³/mol. The molecule has 1 saturated carbocycles. The molecule has 1 aliphatic carbocycles. The van der Waals surface area contributed by atoms with Crippen LogP contribution in [0, 0.1) is 12.8 Å².